The predicted octanol–water partition coefficient (Wildman–Crippen LogP) is 3.96. The lowest BCUT2D eigenvalue weighted by Gasteiger charge is -2.14. The van der Waals surface area contributed by atoms with Crippen molar-refractivity contribution in [1.29, 1.82) is 0 Å². The predicted molar refractivity (Wildman–Crippen MR) is 74.9 cm³/mol. The molecule has 0 fully saturated rings. The maximum Gasteiger partial charge on any atom is 0.373 e. The van der Waals surface area contributed by atoms with Gasteiger partial charge in [0.15, 0.2) is 0 Å². The van der Waals surface area contributed by atoms with Gasteiger partial charge in [-0.25, -0.2) is 9.78 Å². The van der Waals surface area contributed by atoms with Gasteiger partial charge in [0.2, 0.25) is 11.7 Å². The summed E-state index contributed by atoms with van der Waals surface area (Å²) in [5, 5.41) is 11.2. The van der Waals surface area contributed by atoms with Crippen molar-refractivity contribution >= 4 is 17.3 Å². The van der Waals surface area contributed by atoms with Crippen molar-refractivity contribution in [2.45, 2.75) is 39.5 Å². The van der Waals surface area contributed by atoms with Gasteiger partial charge in [0.25, 0.3) is 0 Å². The summed E-state index contributed by atoms with van der Waals surface area (Å²) in [6.07, 6.45) is 0.870. The van der Waals surface area contributed by atoms with E-state index in [1.165, 1.54) is 11.3 Å². The Hall–Kier alpha value is -1.62. The molecule has 0 spiro atoms. The molecule has 0 amide bonds. The molecule has 4 nitrogen and oxygen atoms in total. The Kier molecular flexibility index (Phi) is 3.49. The molecule has 0 unspecified atom stereocenters. The summed E-state index contributed by atoms with van der Waals surface area (Å²) in [7, 11) is 0. The van der Waals surface area contributed by atoms with Gasteiger partial charge in [-0.3, -0.25) is 0 Å². The van der Waals surface area contributed by atoms with Crippen molar-refractivity contribution in [3.63, 3.8) is 0 Å². The number of carbonyl (C=O) groups is 1. The van der Waals surface area contributed by atoms with Gasteiger partial charge in [-0.1, -0.05) is 27.7 Å². The Morgan fingerprint density at radius 2 is 2.16 bits per heavy atom. The molecule has 0 radical (unpaired) electrons. The summed E-state index contributed by atoms with van der Waals surface area (Å²) >= 11 is 1.52. The molecule has 0 aliphatic carbocycles. The minimum atomic E-state index is -1.07. The number of aryl methyl sites for hydroxylation is 1. The van der Waals surface area contributed by atoms with E-state index in [0.717, 1.165) is 16.9 Å². The SMILES string of the molecule is CCc1ccsc1-c1nc(C(C)(C)C)c(C(=O)O)o1. The van der Waals surface area contributed by atoms with Gasteiger partial charge in [0, 0.05) is 5.41 Å². The highest BCUT2D eigenvalue weighted by Crippen LogP contribution is 2.34. The van der Waals surface area contributed by atoms with Crippen molar-refractivity contribution in [3.8, 4) is 10.8 Å². The van der Waals surface area contributed by atoms with Crippen molar-refractivity contribution in [2.75, 3.05) is 0 Å². The number of hydrogen-bond acceptors (Lipinski definition) is 4. The fourth-order valence-corrected chi connectivity index (χ4v) is 2.79. The highest BCUT2D eigenvalue weighted by Gasteiger charge is 2.29. The molecule has 0 aliphatic heterocycles. The standard InChI is InChI=1S/C14H17NO3S/c1-5-8-6-7-19-10(8)12-15-11(14(2,3)4)9(18-12)13(16)17/h6-7H,5H2,1-4H3,(H,16,17). The molecule has 0 saturated heterocycles. The van der Waals surface area contributed by atoms with E-state index in [4.69, 9.17) is 4.42 Å². The van der Waals surface area contributed by atoms with Crippen LogP contribution in [0.25, 0.3) is 10.8 Å². The van der Waals surface area contributed by atoms with Crippen LogP contribution in [-0.4, -0.2) is 16.1 Å². The first-order valence-electron chi connectivity index (χ1n) is 6.16. The molecule has 19 heavy (non-hydrogen) atoms. The zero-order valence-corrected chi connectivity index (χ0v) is 12.3. The monoisotopic (exact) mass is 279 g/mol. The molecule has 2 aromatic rings. The summed E-state index contributed by atoms with van der Waals surface area (Å²) in [5.41, 5.74) is 1.26. The smallest absolute Gasteiger partial charge is 0.373 e. The number of carboxylic acids is 1. The number of carboxylic acid groups (broad SMARTS) is 1. The van der Waals surface area contributed by atoms with E-state index in [-0.39, 0.29) is 11.2 Å². The lowest BCUT2D eigenvalue weighted by molar-refractivity contribution is 0.0659. The molecule has 0 bridgehead atoms. The van der Waals surface area contributed by atoms with Crippen LogP contribution in [0.5, 0.6) is 0 Å². The lowest BCUT2D eigenvalue weighted by atomic mass is 9.91. The molecular formula is C14H17NO3S. The maximum atomic E-state index is 11.3. The summed E-state index contributed by atoms with van der Waals surface area (Å²) in [6, 6.07) is 2.02. The molecule has 0 saturated carbocycles. The Morgan fingerprint density at radius 3 is 2.63 bits per heavy atom. The largest absolute Gasteiger partial charge is 0.475 e. The van der Waals surface area contributed by atoms with Crippen LogP contribution in [0.3, 0.4) is 0 Å². The molecule has 0 aliphatic rings. The van der Waals surface area contributed by atoms with Crippen LogP contribution in [0.1, 0.15) is 49.5 Å². The lowest BCUT2D eigenvalue weighted by Crippen LogP contribution is -2.16. The molecule has 2 heterocycles. The second-order valence-electron chi connectivity index (χ2n) is 5.38. The van der Waals surface area contributed by atoms with Crippen molar-refractivity contribution in [2.24, 2.45) is 0 Å². The molecule has 2 rings (SSSR count). The molecular weight excluding hydrogens is 262 g/mol. The van der Waals surface area contributed by atoms with Crippen LogP contribution in [0.15, 0.2) is 15.9 Å². The number of rotatable bonds is 3. The molecule has 102 valence electrons. The highest BCUT2D eigenvalue weighted by atomic mass is 32.1. The third-order valence-electron chi connectivity index (χ3n) is 2.85. The number of thiophene rings is 1. The van der Waals surface area contributed by atoms with Crippen LogP contribution in [0.2, 0.25) is 0 Å². The summed E-state index contributed by atoms with van der Waals surface area (Å²) in [5.74, 6) is -0.717. The normalized spacial score (nSPS) is 11.8. The second-order valence-corrected chi connectivity index (χ2v) is 6.30. The number of nitrogens with zero attached hydrogens (tertiary/aromatic N) is 1. The highest BCUT2D eigenvalue weighted by molar-refractivity contribution is 7.13. The second kappa shape index (κ2) is 4.81. The number of hydrogen-bond donors (Lipinski definition) is 1. The fraction of sp³-hybridized carbons (Fsp3) is 0.429. The zero-order valence-electron chi connectivity index (χ0n) is 11.5. The van der Waals surface area contributed by atoms with Crippen LogP contribution in [-0.2, 0) is 11.8 Å². The number of aromatic carboxylic acids is 1. The van der Waals surface area contributed by atoms with Gasteiger partial charge in [0.1, 0.15) is 5.69 Å². The zero-order chi connectivity index (χ0) is 14.2. The summed E-state index contributed by atoms with van der Waals surface area (Å²) in [4.78, 5) is 16.6. The quantitative estimate of drug-likeness (QED) is 0.923. The van der Waals surface area contributed by atoms with E-state index in [1.54, 1.807) is 0 Å². The van der Waals surface area contributed by atoms with Crippen molar-refractivity contribution < 1.29 is 14.3 Å². The minimum Gasteiger partial charge on any atom is -0.475 e. The van der Waals surface area contributed by atoms with E-state index in [1.807, 2.05) is 32.2 Å². The molecule has 2 aromatic heterocycles. The number of oxazole rings is 1. The molecule has 1 N–H and O–H groups in total. The van der Waals surface area contributed by atoms with Gasteiger partial charge in [-0.2, -0.15) is 0 Å². The van der Waals surface area contributed by atoms with E-state index in [2.05, 4.69) is 11.9 Å². The Labute approximate surface area is 116 Å². The Morgan fingerprint density at radius 1 is 1.47 bits per heavy atom. The third-order valence-corrected chi connectivity index (χ3v) is 3.80. The first-order chi connectivity index (χ1) is 8.84. The Bertz CT molecular complexity index is 604. The van der Waals surface area contributed by atoms with Gasteiger partial charge in [-0.05, 0) is 23.4 Å². The van der Waals surface area contributed by atoms with Gasteiger partial charge in [-0.15, -0.1) is 11.3 Å². The van der Waals surface area contributed by atoms with Crippen LogP contribution >= 0.6 is 11.3 Å². The summed E-state index contributed by atoms with van der Waals surface area (Å²) < 4.78 is 5.49. The number of aromatic nitrogens is 1. The average molecular weight is 279 g/mol. The minimum absolute atomic E-state index is 0.0575. The summed E-state index contributed by atoms with van der Waals surface area (Å²) in [6.45, 7) is 7.83. The average Bonchev–Trinajstić information content (AvgIpc) is 2.93. The van der Waals surface area contributed by atoms with Crippen LogP contribution in [0, 0.1) is 0 Å². The Balaban J connectivity index is 2.59. The first kappa shape index (κ1) is 13.8. The van der Waals surface area contributed by atoms with Gasteiger partial charge < -0.3 is 9.52 Å². The van der Waals surface area contributed by atoms with Gasteiger partial charge >= 0.3 is 5.97 Å². The molecule has 0 atom stereocenters. The van der Waals surface area contributed by atoms with E-state index in [9.17, 15) is 9.90 Å². The van der Waals surface area contributed by atoms with Crippen molar-refractivity contribution in [3.05, 3.63) is 28.5 Å². The molecule has 0 aromatic carbocycles. The third kappa shape index (κ3) is 2.56. The topological polar surface area (TPSA) is 63.3 Å². The van der Waals surface area contributed by atoms with Crippen molar-refractivity contribution in [1.82, 2.24) is 4.98 Å². The van der Waals surface area contributed by atoms with E-state index in [0.29, 0.717) is 11.6 Å². The van der Waals surface area contributed by atoms with Crippen LogP contribution < -0.4 is 0 Å². The van der Waals surface area contributed by atoms with Gasteiger partial charge in [0.05, 0.1) is 4.88 Å². The van der Waals surface area contributed by atoms with Crippen LogP contribution in [0.4, 0.5) is 0 Å². The fourth-order valence-electron chi connectivity index (χ4n) is 1.87. The van der Waals surface area contributed by atoms with E-state index >= 15 is 0 Å². The van der Waals surface area contributed by atoms with E-state index < -0.39 is 5.97 Å². The maximum absolute atomic E-state index is 11.3. The molecule has 5 heteroatoms. The first-order valence-corrected chi connectivity index (χ1v) is 7.04.